The first kappa shape index (κ1) is 21.7. The van der Waals surface area contributed by atoms with Gasteiger partial charge in [-0.05, 0) is 59.5 Å². The van der Waals surface area contributed by atoms with Crippen molar-refractivity contribution < 1.29 is 9.53 Å². The standard InChI is InChI=1S/C25H27ClN2O2/c1-18(2)15-28-25(29)21-6-4-7-23(14-21)27-16-20-5-3-8-24(13-20)30-17-19-9-11-22(26)12-10-19/h3-14,18,27H,15-17H2,1-2H3,(H,28,29). The number of rotatable bonds is 9. The molecular weight excluding hydrogens is 396 g/mol. The summed E-state index contributed by atoms with van der Waals surface area (Å²) < 4.78 is 5.90. The summed E-state index contributed by atoms with van der Waals surface area (Å²) in [6.45, 7) is 5.94. The maximum Gasteiger partial charge on any atom is 0.251 e. The Morgan fingerprint density at radius 1 is 0.967 bits per heavy atom. The zero-order valence-electron chi connectivity index (χ0n) is 17.3. The van der Waals surface area contributed by atoms with Crippen molar-refractivity contribution in [1.29, 1.82) is 0 Å². The zero-order valence-corrected chi connectivity index (χ0v) is 18.1. The minimum absolute atomic E-state index is 0.0510. The van der Waals surface area contributed by atoms with Crippen LogP contribution in [0.15, 0.2) is 72.8 Å². The number of amides is 1. The van der Waals surface area contributed by atoms with E-state index in [-0.39, 0.29) is 5.91 Å². The summed E-state index contributed by atoms with van der Waals surface area (Å²) >= 11 is 5.92. The van der Waals surface area contributed by atoms with Gasteiger partial charge in [0.2, 0.25) is 0 Å². The van der Waals surface area contributed by atoms with Crippen molar-refractivity contribution in [3.63, 3.8) is 0 Å². The third-order valence-electron chi connectivity index (χ3n) is 4.51. The van der Waals surface area contributed by atoms with Crippen LogP contribution in [0.3, 0.4) is 0 Å². The first-order chi connectivity index (χ1) is 14.5. The van der Waals surface area contributed by atoms with Gasteiger partial charge in [-0.25, -0.2) is 0 Å². The molecule has 0 aliphatic rings. The van der Waals surface area contributed by atoms with Gasteiger partial charge >= 0.3 is 0 Å². The number of carbonyl (C=O) groups is 1. The Morgan fingerprint density at radius 2 is 1.73 bits per heavy atom. The number of carbonyl (C=O) groups excluding carboxylic acids is 1. The molecule has 2 N–H and O–H groups in total. The minimum Gasteiger partial charge on any atom is -0.489 e. The van der Waals surface area contributed by atoms with Gasteiger partial charge in [0.25, 0.3) is 5.91 Å². The summed E-state index contributed by atoms with van der Waals surface area (Å²) in [6, 6.07) is 23.2. The number of anilines is 1. The van der Waals surface area contributed by atoms with Crippen molar-refractivity contribution in [2.75, 3.05) is 11.9 Å². The lowest BCUT2D eigenvalue weighted by atomic mass is 10.1. The Balaban J connectivity index is 1.55. The van der Waals surface area contributed by atoms with Crippen molar-refractivity contribution >= 4 is 23.2 Å². The molecular formula is C25H27ClN2O2. The fourth-order valence-corrected chi connectivity index (χ4v) is 2.99. The number of halogens is 1. The Labute approximate surface area is 183 Å². The van der Waals surface area contributed by atoms with E-state index in [1.807, 2.05) is 72.8 Å². The molecule has 0 bridgehead atoms. The van der Waals surface area contributed by atoms with Gasteiger partial charge in [-0.15, -0.1) is 0 Å². The molecule has 0 saturated carbocycles. The van der Waals surface area contributed by atoms with Crippen LogP contribution < -0.4 is 15.4 Å². The first-order valence-electron chi connectivity index (χ1n) is 10.1. The third-order valence-corrected chi connectivity index (χ3v) is 4.76. The molecule has 30 heavy (non-hydrogen) atoms. The number of benzene rings is 3. The molecule has 3 rings (SSSR count). The van der Waals surface area contributed by atoms with E-state index in [0.29, 0.717) is 36.2 Å². The summed E-state index contributed by atoms with van der Waals surface area (Å²) in [4.78, 5) is 12.3. The van der Waals surface area contributed by atoms with Gasteiger partial charge < -0.3 is 15.4 Å². The summed E-state index contributed by atoms with van der Waals surface area (Å²) in [6.07, 6.45) is 0. The van der Waals surface area contributed by atoms with Crippen molar-refractivity contribution in [3.05, 3.63) is 94.5 Å². The molecule has 4 nitrogen and oxygen atoms in total. The van der Waals surface area contributed by atoms with Crippen molar-refractivity contribution in [3.8, 4) is 5.75 Å². The van der Waals surface area contributed by atoms with Gasteiger partial charge in [0.05, 0.1) is 0 Å². The number of ether oxygens (including phenoxy) is 1. The fourth-order valence-electron chi connectivity index (χ4n) is 2.87. The van der Waals surface area contributed by atoms with E-state index in [4.69, 9.17) is 16.3 Å². The van der Waals surface area contributed by atoms with Gasteiger partial charge in [0.15, 0.2) is 0 Å². The van der Waals surface area contributed by atoms with Crippen LogP contribution in [0.5, 0.6) is 5.75 Å². The number of hydrogen-bond acceptors (Lipinski definition) is 3. The molecule has 5 heteroatoms. The van der Waals surface area contributed by atoms with E-state index in [1.54, 1.807) is 0 Å². The number of hydrogen-bond donors (Lipinski definition) is 2. The number of nitrogens with one attached hydrogen (secondary N) is 2. The quantitative estimate of drug-likeness (QED) is 0.450. The molecule has 0 aromatic heterocycles. The normalized spacial score (nSPS) is 10.7. The van der Waals surface area contributed by atoms with Crippen LogP contribution in [0.25, 0.3) is 0 Å². The highest BCUT2D eigenvalue weighted by molar-refractivity contribution is 6.30. The van der Waals surface area contributed by atoms with E-state index >= 15 is 0 Å². The smallest absolute Gasteiger partial charge is 0.251 e. The van der Waals surface area contributed by atoms with Crippen LogP contribution in [-0.2, 0) is 13.2 Å². The van der Waals surface area contributed by atoms with Gasteiger partial charge in [0, 0.05) is 29.4 Å². The van der Waals surface area contributed by atoms with E-state index in [9.17, 15) is 4.79 Å². The van der Waals surface area contributed by atoms with Crippen LogP contribution in [0.1, 0.15) is 35.3 Å². The van der Waals surface area contributed by atoms with Crippen LogP contribution >= 0.6 is 11.6 Å². The Hall–Kier alpha value is -2.98. The Bertz CT molecular complexity index is 971. The molecule has 0 unspecified atom stereocenters. The summed E-state index contributed by atoms with van der Waals surface area (Å²) in [5.41, 5.74) is 3.72. The van der Waals surface area contributed by atoms with Gasteiger partial charge in [-0.1, -0.05) is 55.8 Å². The van der Waals surface area contributed by atoms with Crippen LogP contribution in [-0.4, -0.2) is 12.5 Å². The van der Waals surface area contributed by atoms with Crippen LogP contribution in [0.2, 0.25) is 5.02 Å². The maximum atomic E-state index is 12.3. The molecule has 0 atom stereocenters. The first-order valence-corrected chi connectivity index (χ1v) is 10.5. The molecule has 3 aromatic carbocycles. The topological polar surface area (TPSA) is 50.4 Å². The third kappa shape index (κ3) is 6.82. The SMILES string of the molecule is CC(C)CNC(=O)c1cccc(NCc2cccc(OCc3ccc(Cl)cc3)c2)c1. The molecule has 0 aliphatic carbocycles. The lowest BCUT2D eigenvalue weighted by molar-refractivity contribution is 0.0949. The zero-order chi connectivity index (χ0) is 21.3. The van der Waals surface area contributed by atoms with E-state index in [2.05, 4.69) is 24.5 Å². The second-order valence-electron chi connectivity index (χ2n) is 7.60. The van der Waals surface area contributed by atoms with Gasteiger partial charge in [-0.2, -0.15) is 0 Å². The Morgan fingerprint density at radius 3 is 2.50 bits per heavy atom. The monoisotopic (exact) mass is 422 g/mol. The largest absolute Gasteiger partial charge is 0.489 e. The van der Waals surface area contributed by atoms with E-state index in [0.717, 1.165) is 22.6 Å². The predicted octanol–water partition coefficient (Wildman–Crippen LogP) is 5.92. The maximum absolute atomic E-state index is 12.3. The highest BCUT2D eigenvalue weighted by Crippen LogP contribution is 2.18. The van der Waals surface area contributed by atoms with Crippen molar-refractivity contribution in [2.24, 2.45) is 5.92 Å². The van der Waals surface area contributed by atoms with Crippen LogP contribution in [0, 0.1) is 5.92 Å². The van der Waals surface area contributed by atoms with Crippen LogP contribution in [0.4, 0.5) is 5.69 Å². The Kier molecular flexibility index (Phi) is 7.75. The van der Waals surface area contributed by atoms with Crippen molar-refractivity contribution in [1.82, 2.24) is 5.32 Å². The van der Waals surface area contributed by atoms with E-state index in [1.165, 1.54) is 0 Å². The summed E-state index contributed by atoms with van der Waals surface area (Å²) in [7, 11) is 0. The van der Waals surface area contributed by atoms with E-state index < -0.39 is 0 Å². The molecule has 1 amide bonds. The minimum atomic E-state index is -0.0510. The highest BCUT2D eigenvalue weighted by Gasteiger charge is 2.07. The molecule has 0 saturated heterocycles. The average molecular weight is 423 g/mol. The molecule has 3 aromatic rings. The fraction of sp³-hybridized carbons (Fsp3) is 0.240. The average Bonchev–Trinajstić information content (AvgIpc) is 2.76. The highest BCUT2D eigenvalue weighted by atomic mass is 35.5. The lowest BCUT2D eigenvalue weighted by Gasteiger charge is -2.11. The summed E-state index contributed by atoms with van der Waals surface area (Å²) in [5.74, 6) is 1.18. The lowest BCUT2D eigenvalue weighted by Crippen LogP contribution is -2.27. The second kappa shape index (κ2) is 10.7. The van der Waals surface area contributed by atoms with Crippen molar-refractivity contribution in [2.45, 2.75) is 27.0 Å². The molecule has 156 valence electrons. The predicted molar refractivity (Wildman–Crippen MR) is 123 cm³/mol. The molecule has 0 radical (unpaired) electrons. The summed E-state index contributed by atoms with van der Waals surface area (Å²) in [5, 5.41) is 7.04. The van der Waals surface area contributed by atoms with Gasteiger partial charge in [-0.3, -0.25) is 4.79 Å². The molecule has 0 spiro atoms. The second-order valence-corrected chi connectivity index (χ2v) is 8.04. The molecule has 0 heterocycles. The van der Waals surface area contributed by atoms with Gasteiger partial charge in [0.1, 0.15) is 12.4 Å². The molecule has 0 aliphatic heterocycles. The molecule has 0 fully saturated rings.